The van der Waals surface area contributed by atoms with Gasteiger partial charge in [-0.05, 0) is 55.5 Å². The fraction of sp³-hybridized carbons (Fsp3) is 0.375. The number of rotatable bonds is 6. The summed E-state index contributed by atoms with van der Waals surface area (Å²) >= 11 is 0. The zero-order chi connectivity index (χ0) is 22.7. The molecule has 0 N–H and O–H groups in total. The lowest BCUT2D eigenvalue weighted by Crippen LogP contribution is -2.52. The molecule has 0 saturated carbocycles. The maximum absolute atomic E-state index is 13.1. The zero-order valence-electron chi connectivity index (χ0n) is 18.3. The SMILES string of the molecule is CCOC(=O)c1ccc(N2C(=O)C[C@H](N3CCN(c4ccc(OC)cc4)CC3)C2=O)cc1. The Bertz CT molecular complexity index is 982. The summed E-state index contributed by atoms with van der Waals surface area (Å²) in [6, 6.07) is 13.9. The Morgan fingerprint density at radius 1 is 0.938 bits per heavy atom. The number of piperazine rings is 1. The van der Waals surface area contributed by atoms with Gasteiger partial charge in [-0.25, -0.2) is 9.69 Å². The second-order valence-electron chi connectivity index (χ2n) is 7.78. The molecule has 2 aliphatic heterocycles. The Morgan fingerprint density at radius 3 is 2.16 bits per heavy atom. The first-order valence-electron chi connectivity index (χ1n) is 10.8. The summed E-state index contributed by atoms with van der Waals surface area (Å²) < 4.78 is 10.2. The summed E-state index contributed by atoms with van der Waals surface area (Å²) in [5.41, 5.74) is 1.98. The van der Waals surface area contributed by atoms with Crippen LogP contribution in [0.25, 0.3) is 0 Å². The number of hydrogen-bond acceptors (Lipinski definition) is 7. The zero-order valence-corrected chi connectivity index (χ0v) is 18.3. The second kappa shape index (κ2) is 9.40. The summed E-state index contributed by atoms with van der Waals surface area (Å²) in [7, 11) is 1.64. The van der Waals surface area contributed by atoms with E-state index < -0.39 is 12.0 Å². The van der Waals surface area contributed by atoms with Crippen LogP contribution < -0.4 is 14.5 Å². The molecule has 0 aromatic heterocycles. The van der Waals surface area contributed by atoms with E-state index in [1.807, 2.05) is 24.3 Å². The van der Waals surface area contributed by atoms with Gasteiger partial charge in [0.25, 0.3) is 5.91 Å². The third-order valence-corrected chi connectivity index (χ3v) is 5.95. The minimum absolute atomic E-state index is 0.168. The van der Waals surface area contributed by atoms with Gasteiger partial charge in [-0.15, -0.1) is 0 Å². The van der Waals surface area contributed by atoms with Gasteiger partial charge in [0.15, 0.2) is 0 Å². The second-order valence-corrected chi connectivity index (χ2v) is 7.78. The lowest BCUT2D eigenvalue weighted by atomic mass is 10.1. The fourth-order valence-electron chi connectivity index (χ4n) is 4.22. The highest BCUT2D eigenvalue weighted by molar-refractivity contribution is 6.22. The van der Waals surface area contributed by atoms with Crippen molar-refractivity contribution in [3.8, 4) is 5.75 Å². The number of ether oxygens (including phenoxy) is 2. The minimum atomic E-state index is -0.453. The molecule has 0 aliphatic carbocycles. The summed E-state index contributed by atoms with van der Waals surface area (Å²) in [4.78, 5) is 43.2. The highest BCUT2D eigenvalue weighted by Gasteiger charge is 2.43. The van der Waals surface area contributed by atoms with Crippen molar-refractivity contribution in [2.24, 2.45) is 0 Å². The van der Waals surface area contributed by atoms with Crippen molar-refractivity contribution in [2.75, 3.05) is 49.7 Å². The predicted molar refractivity (Wildman–Crippen MR) is 120 cm³/mol. The summed E-state index contributed by atoms with van der Waals surface area (Å²) in [5, 5.41) is 0. The fourth-order valence-corrected chi connectivity index (χ4v) is 4.22. The largest absolute Gasteiger partial charge is 0.497 e. The predicted octanol–water partition coefficient (Wildman–Crippen LogP) is 2.33. The van der Waals surface area contributed by atoms with E-state index in [-0.39, 0.29) is 24.8 Å². The number of anilines is 2. The number of esters is 1. The first-order valence-corrected chi connectivity index (χ1v) is 10.8. The lowest BCUT2D eigenvalue weighted by molar-refractivity contribution is -0.123. The van der Waals surface area contributed by atoms with Gasteiger partial charge in [-0.1, -0.05) is 0 Å². The van der Waals surface area contributed by atoms with E-state index in [1.165, 1.54) is 4.90 Å². The molecule has 1 atom stereocenters. The number of benzene rings is 2. The Morgan fingerprint density at radius 2 is 1.56 bits per heavy atom. The molecule has 4 rings (SSSR count). The van der Waals surface area contributed by atoms with E-state index in [1.54, 1.807) is 38.3 Å². The molecule has 8 nitrogen and oxygen atoms in total. The highest BCUT2D eigenvalue weighted by Crippen LogP contribution is 2.28. The number of carbonyl (C=O) groups excluding carboxylic acids is 3. The first-order chi connectivity index (χ1) is 15.5. The van der Waals surface area contributed by atoms with Crippen molar-refractivity contribution in [1.82, 2.24) is 4.90 Å². The van der Waals surface area contributed by atoms with E-state index in [0.717, 1.165) is 24.5 Å². The Hall–Kier alpha value is -3.39. The molecule has 0 radical (unpaired) electrons. The molecule has 2 heterocycles. The molecule has 2 aromatic rings. The molecule has 168 valence electrons. The molecule has 0 unspecified atom stereocenters. The number of imide groups is 1. The molecule has 2 saturated heterocycles. The summed E-state index contributed by atoms with van der Waals surface area (Å²) in [6.45, 7) is 4.98. The standard InChI is InChI=1S/C24H27N3O5/c1-3-32-24(30)17-4-6-19(7-5-17)27-22(28)16-21(23(27)29)26-14-12-25(13-15-26)18-8-10-20(31-2)11-9-18/h4-11,21H,3,12-16H2,1-2H3/t21-/m0/s1. The maximum atomic E-state index is 13.1. The molecular formula is C24H27N3O5. The van der Waals surface area contributed by atoms with Crippen molar-refractivity contribution in [1.29, 1.82) is 0 Å². The topological polar surface area (TPSA) is 79.4 Å². The van der Waals surface area contributed by atoms with Crippen molar-refractivity contribution >= 4 is 29.2 Å². The van der Waals surface area contributed by atoms with Crippen LogP contribution in [0.1, 0.15) is 23.7 Å². The average Bonchev–Trinajstić information content (AvgIpc) is 3.13. The van der Waals surface area contributed by atoms with Crippen LogP contribution in [0, 0.1) is 0 Å². The summed E-state index contributed by atoms with van der Waals surface area (Å²) in [6.07, 6.45) is 0.168. The lowest BCUT2D eigenvalue weighted by Gasteiger charge is -2.38. The molecule has 0 spiro atoms. The monoisotopic (exact) mass is 437 g/mol. The van der Waals surface area contributed by atoms with Gasteiger partial charge in [0, 0.05) is 31.9 Å². The normalized spacial score (nSPS) is 19.4. The molecule has 2 amide bonds. The van der Waals surface area contributed by atoms with Crippen molar-refractivity contribution < 1.29 is 23.9 Å². The number of carbonyl (C=O) groups is 3. The van der Waals surface area contributed by atoms with Gasteiger partial charge in [0.1, 0.15) is 5.75 Å². The van der Waals surface area contributed by atoms with Crippen LogP contribution >= 0.6 is 0 Å². The van der Waals surface area contributed by atoms with Gasteiger partial charge in [-0.3, -0.25) is 14.5 Å². The summed E-state index contributed by atoms with van der Waals surface area (Å²) in [5.74, 6) is -0.0400. The number of nitrogens with zero attached hydrogens (tertiary/aromatic N) is 3. The smallest absolute Gasteiger partial charge is 0.338 e. The molecule has 2 aromatic carbocycles. The quantitative estimate of drug-likeness (QED) is 0.507. The Kier molecular flexibility index (Phi) is 6.41. The van der Waals surface area contributed by atoms with E-state index in [2.05, 4.69) is 9.80 Å². The average molecular weight is 437 g/mol. The molecule has 8 heteroatoms. The number of methoxy groups -OCH3 is 1. The Labute approximate surface area is 187 Å². The van der Waals surface area contributed by atoms with E-state index in [9.17, 15) is 14.4 Å². The van der Waals surface area contributed by atoms with Crippen LogP contribution in [0.4, 0.5) is 11.4 Å². The van der Waals surface area contributed by atoms with Gasteiger partial charge in [0.05, 0.1) is 37.4 Å². The van der Waals surface area contributed by atoms with E-state index >= 15 is 0 Å². The van der Waals surface area contributed by atoms with Gasteiger partial charge in [0.2, 0.25) is 5.91 Å². The van der Waals surface area contributed by atoms with Crippen LogP contribution in [0.3, 0.4) is 0 Å². The molecule has 2 fully saturated rings. The molecule has 32 heavy (non-hydrogen) atoms. The minimum Gasteiger partial charge on any atom is -0.497 e. The van der Waals surface area contributed by atoms with Crippen LogP contribution in [-0.4, -0.2) is 68.6 Å². The highest BCUT2D eigenvalue weighted by atomic mass is 16.5. The van der Waals surface area contributed by atoms with Crippen molar-refractivity contribution in [3.63, 3.8) is 0 Å². The van der Waals surface area contributed by atoms with E-state index in [0.29, 0.717) is 24.3 Å². The number of hydrogen-bond donors (Lipinski definition) is 0. The van der Waals surface area contributed by atoms with Crippen LogP contribution in [0.15, 0.2) is 48.5 Å². The van der Waals surface area contributed by atoms with Crippen LogP contribution in [0.5, 0.6) is 5.75 Å². The number of amides is 2. The van der Waals surface area contributed by atoms with Crippen LogP contribution in [0.2, 0.25) is 0 Å². The van der Waals surface area contributed by atoms with Crippen molar-refractivity contribution in [3.05, 3.63) is 54.1 Å². The molecule has 2 aliphatic rings. The van der Waals surface area contributed by atoms with Crippen LogP contribution in [-0.2, 0) is 14.3 Å². The third-order valence-electron chi connectivity index (χ3n) is 5.95. The third kappa shape index (κ3) is 4.31. The molecule has 0 bridgehead atoms. The van der Waals surface area contributed by atoms with Crippen molar-refractivity contribution in [2.45, 2.75) is 19.4 Å². The van der Waals surface area contributed by atoms with Gasteiger partial charge >= 0.3 is 5.97 Å². The van der Waals surface area contributed by atoms with E-state index in [4.69, 9.17) is 9.47 Å². The van der Waals surface area contributed by atoms with Gasteiger partial charge < -0.3 is 14.4 Å². The van der Waals surface area contributed by atoms with Gasteiger partial charge in [-0.2, -0.15) is 0 Å². The molecular weight excluding hydrogens is 410 g/mol. The Balaban J connectivity index is 1.39. The maximum Gasteiger partial charge on any atom is 0.338 e. The first kappa shape index (κ1) is 21.8.